The van der Waals surface area contributed by atoms with Crippen molar-refractivity contribution in [2.45, 2.75) is 12.4 Å². The fourth-order valence-electron chi connectivity index (χ4n) is 2.03. The van der Waals surface area contributed by atoms with Crippen molar-refractivity contribution < 1.29 is 9.13 Å². The number of methoxy groups -OCH3 is 1. The SMILES string of the molecule is COc1ccc(CN(C)c2ccc(CCl)cc2F)cc1. The Bertz CT molecular complexity index is 571. The lowest BCUT2D eigenvalue weighted by atomic mass is 10.1. The molecule has 2 aromatic carbocycles. The van der Waals surface area contributed by atoms with Gasteiger partial charge in [-0.15, -0.1) is 11.6 Å². The minimum Gasteiger partial charge on any atom is -0.497 e. The van der Waals surface area contributed by atoms with Crippen LogP contribution in [0, 0.1) is 5.82 Å². The molecule has 0 radical (unpaired) electrons. The van der Waals surface area contributed by atoms with E-state index in [-0.39, 0.29) is 5.82 Å². The van der Waals surface area contributed by atoms with Gasteiger partial charge >= 0.3 is 0 Å². The van der Waals surface area contributed by atoms with E-state index in [4.69, 9.17) is 16.3 Å². The van der Waals surface area contributed by atoms with Crippen LogP contribution in [0.3, 0.4) is 0 Å². The van der Waals surface area contributed by atoms with Crippen LogP contribution in [0.2, 0.25) is 0 Å². The fourth-order valence-corrected chi connectivity index (χ4v) is 2.20. The summed E-state index contributed by atoms with van der Waals surface area (Å²) in [4.78, 5) is 1.87. The Kier molecular flexibility index (Phi) is 4.85. The third-order valence-corrected chi connectivity index (χ3v) is 3.47. The zero-order chi connectivity index (χ0) is 14.5. The van der Waals surface area contributed by atoms with Crippen molar-refractivity contribution in [3.05, 3.63) is 59.4 Å². The Morgan fingerprint density at radius 1 is 1.10 bits per heavy atom. The van der Waals surface area contributed by atoms with Crippen LogP contribution < -0.4 is 9.64 Å². The summed E-state index contributed by atoms with van der Waals surface area (Å²) in [5, 5.41) is 0. The summed E-state index contributed by atoms with van der Waals surface area (Å²) >= 11 is 5.70. The molecule has 0 amide bonds. The number of benzene rings is 2. The number of halogens is 2. The topological polar surface area (TPSA) is 12.5 Å². The Morgan fingerprint density at radius 2 is 1.75 bits per heavy atom. The molecule has 0 aliphatic carbocycles. The van der Waals surface area contributed by atoms with Crippen molar-refractivity contribution in [3.8, 4) is 5.75 Å². The van der Waals surface area contributed by atoms with Crippen LogP contribution >= 0.6 is 11.6 Å². The van der Waals surface area contributed by atoms with E-state index in [1.807, 2.05) is 42.3 Å². The summed E-state index contributed by atoms with van der Waals surface area (Å²) in [6.07, 6.45) is 0. The molecular formula is C16H17ClFNO. The Balaban J connectivity index is 2.12. The second-order valence-electron chi connectivity index (χ2n) is 4.62. The molecule has 4 heteroatoms. The first-order valence-corrected chi connectivity index (χ1v) is 6.86. The van der Waals surface area contributed by atoms with E-state index in [2.05, 4.69) is 0 Å². The lowest BCUT2D eigenvalue weighted by Gasteiger charge is -2.20. The highest BCUT2D eigenvalue weighted by Gasteiger charge is 2.09. The molecule has 20 heavy (non-hydrogen) atoms. The molecule has 106 valence electrons. The maximum atomic E-state index is 14.0. The van der Waals surface area contributed by atoms with Crippen LogP contribution in [0.15, 0.2) is 42.5 Å². The molecule has 0 aromatic heterocycles. The van der Waals surface area contributed by atoms with Gasteiger partial charge in [0.25, 0.3) is 0 Å². The Morgan fingerprint density at radius 3 is 2.30 bits per heavy atom. The van der Waals surface area contributed by atoms with Gasteiger partial charge in [0, 0.05) is 19.5 Å². The van der Waals surface area contributed by atoms with E-state index < -0.39 is 0 Å². The second-order valence-corrected chi connectivity index (χ2v) is 4.89. The largest absolute Gasteiger partial charge is 0.497 e. The van der Waals surface area contributed by atoms with Crippen molar-refractivity contribution in [1.82, 2.24) is 0 Å². The zero-order valence-electron chi connectivity index (χ0n) is 11.6. The normalized spacial score (nSPS) is 10.4. The summed E-state index contributed by atoms with van der Waals surface area (Å²) in [5.74, 6) is 0.882. The third-order valence-electron chi connectivity index (χ3n) is 3.16. The van der Waals surface area contributed by atoms with Crippen molar-refractivity contribution in [2.24, 2.45) is 0 Å². The minimum absolute atomic E-state index is 0.251. The Labute approximate surface area is 123 Å². The first-order chi connectivity index (χ1) is 9.63. The molecule has 0 saturated heterocycles. The van der Waals surface area contributed by atoms with Crippen LogP contribution in [-0.2, 0) is 12.4 Å². The number of anilines is 1. The molecule has 0 saturated carbocycles. The molecule has 0 aliphatic rings. The van der Waals surface area contributed by atoms with Gasteiger partial charge in [-0.1, -0.05) is 18.2 Å². The van der Waals surface area contributed by atoms with Gasteiger partial charge in [-0.3, -0.25) is 0 Å². The van der Waals surface area contributed by atoms with Gasteiger partial charge in [0.1, 0.15) is 11.6 Å². The molecule has 2 rings (SSSR count). The van der Waals surface area contributed by atoms with Crippen LogP contribution in [-0.4, -0.2) is 14.2 Å². The molecule has 0 unspecified atom stereocenters. The van der Waals surface area contributed by atoms with Gasteiger partial charge in [0.15, 0.2) is 0 Å². The number of hydrogen-bond acceptors (Lipinski definition) is 2. The average molecular weight is 294 g/mol. The highest BCUT2D eigenvalue weighted by atomic mass is 35.5. The maximum Gasteiger partial charge on any atom is 0.146 e. The number of hydrogen-bond donors (Lipinski definition) is 0. The summed E-state index contributed by atoms with van der Waals surface area (Å²) in [7, 11) is 3.50. The van der Waals surface area contributed by atoms with E-state index >= 15 is 0 Å². The van der Waals surface area contributed by atoms with Crippen molar-refractivity contribution in [3.63, 3.8) is 0 Å². The molecule has 0 N–H and O–H groups in total. The first-order valence-electron chi connectivity index (χ1n) is 6.32. The summed E-state index contributed by atoms with van der Waals surface area (Å²) < 4.78 is 19.1. The van der Waals surface area contributed by atoms with Gasteiger partial charge in [0.2, 0.25) is 0 Å². The fraction of sp³-hybridized carbons (Fsp3) is 0.250. The Hall–Kier alpha value is -1.74. The number of rotatable bonds is 5. The molecule has 0 atom stereocenters. The highest BCUT2D eigenvalue weighted by molar-refractivity contribution is 6.17. The van der Waals surface area contributed by atoms with Crippen LogP contribution in [0.25, 0.3) is 0 Å². The van der Waals surface area contributed by atoms with Crippen molar-refractivity contribution in [2.75, 3.05) is 19.1 Å². The van der Waals surface area contributed by atoms with Crippen molar-refractivity contribution >= 4 is 17.3 Å². The lowest BCUT2D eigenvalue weighted by Crippen LogP contribution is -2.17. The molecule has 0 fully saturated rings. The third kappa shape index (κ3) is 3.42. The molecule has 2 aromatic rings. The van der Waals surface area contributed by atoms with Crippen LogP contribution in [0.1, 0.15) is 11.1 Å². The summed E-state index contributed by atoms with van der Waals surface area (Å²) in [6.45, 7) is 0.626. The van der Waals surface area contributed by atoms with E-state index in [0.29, 0.717) is 18.1 Å². The number of ether oxygens (including phenoxy) is 1. The number of alkyl halides is 1. The lowest BCUT2D eigenvalue weighted by molar-refractivity contribution is 0.414. The summed E-state index contributed by atoms with van der Waals surface area (Å²) in [6, 6.07) is 12.8. The second kappa shape index (κ2) is 6.62. The zero-order valence-corrected chi connectivity index (χ0v) is 12.3. The smallest absolute Gasteiger partial charge is 0.146 e. The molecule has 0 heterocycles. The van der Waals surface area contributed by atoms with Gasteiger partial charge in [-0.05, 0) is 35.4 Å². The predicted molar refractivity (Wildman–Crippen MR) is 81.1 cm³/mol. The maximum absolute atomic E-state index is 14.0. The predicted octanol–water partition coefficient (Wildman–Crippen LogP) is 4.21. The van der Waals surface area contributed by atoms with Gasteiger partial charge < -0.3 is 9.64 Å². The minimum atomic E-state index is -0.251. The van der Waals surface area contributed by atoms with E-state index in [0.717, 1.165) is 16.9 Å². The molecule has 0 aliphatic heterocycles. The molecule has 0 bridgehead atoms. The van der Waals surface area contributed by atoms with E-state index in [1.165, 1.54) is 6.07 Å². The molecular weight excluding hydrogens is 277 g/mol. The van der Waals surface area contributed by atoms with Crippen LogP contribution in [0.4, 0.5) is 10.1 Å². The first kappa shape index (κ1) is 14.7. The highest BCUT2D eigenvalue weighted by Crippen LogP contribution is 2.22. The molecule has 2 nitrogen and oxygen atoms in total. The van der Waals surface area contributed by atoms with Crippen molar-refractivity contribution in [1.29, 1.82) is 0 Å². The summed E-state index contributed by atoms with van der Waals surface area (Å²) in [5.41, 5.74) is 2.44. The van der Waals surface area contributed by atoms with Gasteiger partial charge in [0.05, 0.1) is 12.8 Å². The average Bonchev–Trinajstić information content (AvgIpc) is 2.47. The van der Waals surface area contributed by atoms with Gasteiger partial charge in [-0.25, -0.2) is 4.39 Å². The van der Waals surface area contributed by atoms with E-state index in [1.54, 1.807) is 13.2 Å². The van der Waals surface area contributed by atoms with E-state index in [9.17, 15) is 4.39 Å². The standard InChI is InChI=1S/C16H17ClFNO/c1-19(11-12-3-6-14(20-2)7-4-12)16-8-5-13(10-17)9-15(16)18/h3-9H,10-11H2,1-2H3. The monoisotopic (exact) mass is 293 g/mol. The quantitative estimate of drug-likeness (QED) is 0.766. The van der Waals surface area contributed by atoms with Crippen LogP contribution in [0.5, 0.6) is 5.75 Å². The van der Waals surface area contributed by atoms with Gasteiger partial charge in [-0.2, -0.15) is 0 Å². The molecule has 0 spiro atoms. The number of nitrogens with zero attached hydrogens (tertiary/aromatic N) is 1.